The van der Waals surface area contributed by atoms with E-state index in [0.29, 0.717) is 25.7 Å². The normalized spacial score (nSPS) is 14.0. The van der Waals surface area contributed by atoms with E-state index in [1.165, 1.54) is 218 Å². The zero-order valence-corrected chi connectivity index (χ0v) is 62.9. The van der Waals surface area contributed by atoms with E-state index in [1.54, 1.807) is 0 Å². The van der Waals surface area contributed by atoms with E-state index < -0.39 is 97.5 Å². The van der Waals surface area contributed by atoms with Crippen molar-refractivity contribution in [3.8, 4) is 0 Å². The molecule has 94 heavy (non-hydrogen) atoms. The van der Waals surface area contributed by atoms with Gasteiger partial charge in [0.15, 0.2) is 12.2 Å². The molecule has 19 heteroatoms. The first-order chi connectivity index (χ1) is 45.5. The maximum atomic E-state index is 13.1. The Hall–Kier alpha value is -1.94. The number of carbonyl (C=O) groups is 4. The predicted octanol–water partition coefficient (Wildman–Crippen LogP) is 22.1. The van der Waals surface area contributed by atoms with Gasteiger partial charge in [0.2, 0.25) is 0 Å². The van der Waals surface area contributed by atoms with Crippen molar-refractivity contribution in [2.24, 2.45) is 5.92 Å². The number of aliphatic hydroxyl groups excluding tert-OH is 1. The molecule has 2 unspecified atom stereocenters. The van der Waals surface area contributed by atoms with Crippen LogP contribution in [0.3, 0.4) is 0 Å². The molecule has 0 aliphatic rings. The molecule has 0 rings (SSSR count). The van der Waals surface area contributed by atoms with Crippen LogP contribution in [0, 0.1) is 5.92 Å². The van der Waals surface area contributed by atoms with Crippen molar-refractivity contribution in [2.45, 2.75) is 412 Å². The third-order valence-corrected chi connectivity index (χ3v) is 19.4. The summed E-state index contributed by atoms with van der Waals surface area (Å²) >= 11 is 0. The summed E-state index contributed by atoms with van der Waals surface area (Å²) in [4.78, 5) is 72.8. The minimum absolute atomic E-state index is 0.108. The molecule has 0 amide bonds. The van der Waals surface area contributed by atoms with Gasteiger partial charge in [-0.1, -0.05) is 343 Å². The fourth-order valence-corrected chi connectivity index (χ4v) is 13.1. The summed E-state index contributed by atoms with van der Waals surface area (Å²) in [7, 11) is -9.91. The number of phosphoric acid groups is 2. The van der Waals surface area contributed by atoms with Gasteiger partial charge in [0.25, 0.3) is 0 Å². The van der Waals surface area contributed by atoms with Crippen molar-refractivity contribution in [3.05, 3.63) is 0 Å². The van der Waals surface area contributed by atoms with Crippen LogP contribution in [-0.2, 0) is 65.4 Å². The van der Waals surface area contributed by atoms with Gasteiger partial charge in [-0.3, -0.25) is 37.3 Å². The minimum Gasteiger partial charge on any atom is -0.462 e. The van der Waals surface area contributed by atoms with E-state index in [0.717, 1.165) is 95.8 Å². The molecule has 0 aromatic carbocycles. The zero-order chi connectivity index (χ0) is 69.1. The van der Waals surface area contributed by atoms with Gasteiger partial charge in [-0.2, -0.15) is 0 Å². The highest BCUT2D eigenvalue weighted by Crippen LogP contribution is 2.45. The van der Waals surface area contributed by atoms with Crippen molar-refractivity contribution >= 4 is 39.5 Å². The number of hydrogen-bond donors (Lipinski definition) is 3. The third kappa shape index (κ3) is 68.6. The van der Waals surface area contributed by atoms with Crippen molar-refractivity contribution in [3.63, 3.8) is 0 Å². The second-order valence-corrected chi connectivity index (χ2v) is 30.4. The van der Waals surface area contributed by atoms with E-state index in [4.69, 9.17) is 37.0 Å². The number of ether oxygens (including phenoxy) is 4. The Morgan fingerprint density at radius 3 is 0.723 bits per heavy atom. The summed E-state index contributed by atoms with van der Waals surface area (Å²) in [5.41, 5.74) is 0. The molecule has 558 valence electrons. The number of esters is 4. The van der Waals surface area contributed by atoms with Crippen LogP contribution in [-0.4, -0.2) is 96.7 Å². The average Bonchev–Trinajstić information content (AvgIpc) is 1.42. The van der Waals surface area contributed by atoms with Gasteiger partial charge < -0.3 is 33.8 Å². The van der Waals surface area contributed by atoms with Crippen LogP contribution in [0.15, 0.2) is 0 Å². The molecular weight excluding hydrogens is 1230 g/mol. The first kappa shape index (κ1) is 92.1. The standard InChI is InChI=1S/C75H146O17P2/c1-6-9-12-15-18-21-24-27-28-29-31-34-41-46-51-56-61-75(80)92-71(65-86-73(78)59-54-49-44-39-36-35-37-42-47-52-57-68(4)5)67-90-94(83,84)88-63-69(76)62-87-93(81,82)89-66-70(64-85-72(77)58-53-48-43-38-32-26-23-20-17-14-11-8-3)91-74(79)60-55-50-45-40-33-30-25-22-19-16-13-10-7-2/h68-71,76H,6-67H2,1-5H3,(H,81,82)(H,83,84)/t69-,70+,71+/m0/s1. The lowest BCUT2D eigenvalue weighted by molar-refractivity contribution is -0.161. The lowest BCUT2D eigenvalue weighted by Crippen LogP contribution is -2.30. The van der Waals surface area contributed by atoms with Gasteiger partial charge in [-0.05, 0) is 31.6 Å². The van der Waals surface area contributed by atoms with E-state index in [2.05, 4.69) is 34.6 Å². The summed E-state index contributed by atoms with van der Waals surface area (Å²) in [6.07, 6.45) is 56.6. The van der Waals surface area contributed by atoms with Crippen LogP contribution >= 0.6 is 15.6 Å². The second kappa shape index (κ2) is 68.2. The molecule has 0 radical (unpaired) electrons. The van der Waals surface area contributed by atoms with Crippen LogP contribution in [0.2, 0.25) is 0 Å². The smallest absolute Gasteiger partial charge is 0.462 e. The van der Waals surface area contributed by atoms with E-state index in [-0.39, 0.29) is 25.7 Å². The molecule has 0 spiro atoms. The third-order valence-electron chi connectivity index (χ3n) is 17.5. The Kier molecular flexibility index (Phi) is 66.8. The molecule has 0 aromatic rings. The van der Waals surface area contributed by atoms with Crippen LogP contribution < -0.4 is 0 Å². The lowest BCUT2D eigenvalue weighted by atomic mass is 10.0. The average molecular weight is 1380 g/mol. The Morgan fingerprint density at radius 2 is 0.489 bits per heavy atom. The summed E-state index contributed by atoms with van der Waals surface area (Å²) in [5, 5.41) is 10.6. The molecule has 3 N–H and O–H groups in total. The molecule has 0 saturated heterocycles. The summed E-state index contributed by atoms with van der Waals surface area (Å²) < 4.78 is 68.5. The van der Waals surface area contributed by atoms with Crippen LogP contribution in [0.25, 0.3) is 0 Å². The van der Waals surface area contributed by atoms with Crippen molar-refractivity contribution < 1.29 is 80.2 Å². The van der Waals surface area contributed by atoms with Gasteiger partial charge in [0.05, 0.1) is 26.4 Å². The Balaban J connectivity index is 5.26. The quantitative estimate of drug-likeness (QED) is 0.0222. The Morgan fingerprint density at radius 1 is 0.287 bits per heavy atom. The summed E-state index contributed by atoms with van der Waals surface area (Å²) in [5.74, 6) is -1.35. The number of aliphatic hydroxyl groups is 1. The fraction of sp³-hybridized carbons (Fsp3) is 0.947. The van der Waals surface area contributed by atoms with Crippen LogP contribution in [0.5, 0.6) is 0 Å². The largest absolute Gasteiger partial charge is 0.472 e. The number of phosphoric ester groups is 2. The summed E-state index contributed by atoms with van der Waals surface area (Å²) in [6.45, 7) is 7.29. The first-order valence-corrected chi connectivity index (χ1v) is 42.1. The van der Waals surface area contributed by atoms with E-state index in [1.807, 2.05) is 0 Å². The lowest BCUT2D eigenvalue weighted by Gasteiger charge is -2.21. The molecule has 0 aromatic heterocycles. The highest BCUT2D eigenvalue weighted by molar-refractivity contribution is 7.47. The minimum atomic E-state index is -4.96. The number of carbonyl (C=O) groups excluding carboxylic acids is 4. The molecule has 0 saturated carbocycles. The van der Waals surface area contributed by atoms with Crippen LogP contribution in [0.4, 0.5) is 0 Å². The molecule has 17 nitrogen and oxygen atoms in total. The fourth-order valence-electron chi connectivity index (χ4n) is 11.5. The van der Waals surface area contributed by atoms with Crippen LogP contribution in [0.1, 0.15) is 394 Å². The molecule has 0 heterocycles. The number of unbranched alkanes of at least 4 members (excludes halogenated alkanes) is 47. The topological polar surface area (TPSA) is 237 Å². The molecular formula is C75H146O17P2. The van der Waals surface area contributed by atoms with Gasteiger partial charge in [0, 0.05) is 25.7 Å². The SMILES string of the molecule is CCCCCCCCCCCCCCCCCCC(=O)O[C@H](COC(=O)CCCCCCCCCCCCC(C)C)COP(=O)(O)OC[C@@H](O)COP(=O)(O)OC[C@@H](COC(=O)CCCCCCCCCCCCCC)OC(=O)CCCCCCCCCCCCCCC. The molecule has 5 atom stereocenters. The van der Waals surface area contributed by atoms with E-state index >= 15 is 0 Å². The van der Waals surface area contributed by atoms with E-state index in [9.17, 15) is 43.2 Å². The number of hydrogen-bond acceptors (Lipinski definition) is 15. The Bertz CT molecular complexity index is 1810. The zero-order valence-electron chi connectivity index (χ0n) is 61.1. The predicted molar refractivity (Wildman–Crippen MR) is 382 cm³/mol. The molecule has 0 bridgehead atoms. The van der Waals surface area contributed by atoms with Gasteiger partial charge in [0.1, 0.15) is 19.3 Å². The number of rotatable bonds is 75. The molecule has 0 aliphatic heterocycles. The van der Waals surface area contributed by atoms with Crippen molar-refractivity contribution in [1.82, 2.24) is 0 Å². The maximum absolute atomic E-state index is 13.1. The first-order valence-electron chi connectivity index (χ1n) is 39.1. The maximum Gasteiger partial charge on any atom is 0.472 e. The Labute approximate surface area is 575 Å². The van der Waals surface area contributed by atoms with Gasteiger partial charge >= 0.3 is 39.5 Å². The second-order valence-electron chi connectivity index (χ2n) is 27.5. The monoisotopic (exact) mass is 1380 g/mol. The van der Waals surface area contributed by atoms with Gasteiger partial charge in [-0.25, -0.2) is 9.13 Å². The van der Waals surface area contributed by atoms with Gasteiger partial charge in [-0.15, -0.1) is 0 Å². The highest BCUT2D eigenvalue weighted by atomic mass is 31.2. The molecule has 0 fully saturated rings. The van der Waals surface area contributed by atoms with Crippen molar-refractivity contribution in [2.75, 3.05) is 39.6 Å². The molecule has 0 aliphatic carbocycles. The van der Waals surface area contributed by atoms with Crippen molar-refractivity contribution in [1.29, 1.82) is 0 Å². The summed E-state index contributed by atoms with van der Waals surface area (Å²) in [6, 6.07) is 0. The highest BCUT2D eigenvalue weighted by Gasteiger charge is 2.30.